The van der Waals surface area contributed by atoms with Gasteiger partial charge in [0.05, 0.1) is 36.1 Å². The van der Waals surface area contributed by atoms with E-state index < -0.39 is 11.9 Å². The lowest BCUT2D eigenvalue weighted by Gasteiger charge is -2.30. The maximum atomic E-state index is 14.8. The van der Waals surface area contributed by atoms with E-state index in [0.29, 0.717) is 38.3 Å². The number of hydrazone groups is 1. The summed E-state index contributed by atoms with van der Waals surface area (Å²) in [6.45, 7) is 3.57. The molecule has 0 aliphatic carbocycles. The van der Waals surface area contributed by atoms with Crippen LogP contribution in [0, 0.1) is 5.82 Å². The van der Waals surface area contributed by atoms with Gasteiger partial charge in [-0.2, -0.15) is 5.10 Å². The Kier molecular flexibility index (Phi) is 7.55. The lowest BCUT2D eigenvalue weighted by atomic mass is 10.0. The van der Waals surface area contributed by atoms with Crippen molar-refractivity contribution < 1.29 is 23.1 Å². The van der Waals surface area contributed by atoms with Crippen LogP contribution in [0.5, 0.6) is 0 Å². The van der Waals surface area contributed by atoms with Crippen molar-refractivity contribution in [2.24, 2.45) is 5.10 Å². The van der Waals surface area contributed by atoms with E-state index in [1.807, 2.05) is 17.5 Å². The number of halogens is 1. The fourth-order valence-corrected chi connectivity index (χ4v) is 5.17. The SMILES string of the molecule is O=C(c1ccco1)N(CCN1CCOCC1)CC(=O)N1N=C(c2cccs2)CC1c1ccccc1F. The molecule has 10 heteroatoms. The van der Waals surface area contributed by atoms with Gasteiger partial charge < -0.3 is 14.1 Å². The molecule has 2 aliphatic heterocycles. The molecule has 0 spiro atoms. The Bertz CT molecular complexity index is 1210. The molecule has 0 saturated carbocycles. The minimum atomic E-state index is -0.587. The maximum absolute atomic E-state index is 14.8. The van der Waals surface area contributed by atoms with E-state index in [1.54, 1.807) is 30.3 Å². The summed E-state index contributed by atoms with van der Waals surface area (Å²) in [7, 11) is 0. The molecular formula is C26H27FN4O4S. The highest BCUT2D eigenvalue weighted by molar-refractivity contribution is 7.12. The number of hydrogen-bond donors (Lipinski definition) is 0. The average Bonchev–Trinajstić information content (AvgIpc) is 3.68. The van der Waals surface area contributed by atoms with Crippen molar-refractivity contribution in [3.05, 3.63) is 82.2 Å². The van der Waals surface area contributed by atoms with Crippen LogP contribution in [0.15, 0.2) is 69.7 Å². The van der Waals surface area contributed by atoms with Crippen LogP contribution < -0.4 is 0 Å². The lowest BCUT2D eigenvalue weighted by molar-refractivity contribution is -0.133. The molecule has 8 nitrogen and oxygen atoms in total. The molecule has 1 fully saturated rings. The first-order chi connectivity index (χ1) is 17.6. The Balaban J connectivity index is 1.38. The number of ether oxygens (including phenoxy) is 1. The van der Waals surface area contributed by atoms with Crippen molar-refractivity contribution in [1.29, 1.82) is 0 Å². The number of amides is 2. The smallest absolute Gasteiger partial charge is 0.290 e. The second kappa shape index (κ2) is 11.2. The molecule has 0 radical (unpaired) electrons. The number of furan rings is 1. The van der Waals surface area contributed by atoms with Crippen LogP contribution >= 0.6 is 11.3 Å². The zero-order valence-electron chi connectivity index (χ0n) is 19.7. The minimum Gasteiger partial charge on any atom is -0.459 e. The molecular weight excluding hydrogens is 483 g/mol. The van der Waals surface area contributed by atoms with Crippen LogP contribution in [-0.4, -0.2) is 78.3 Å². The molecule has 0 N–H and O–H groups in total. The second-order valence-electron chi connectivity index (χ2n) is 8.66. The Hall–Kier alpha value is -3.34. The van der Waals surface area contributed by atoms with Crippen molar-refractivity contribution in [1.82, 2.24) is 14.8 Å². The van der Waals surface area contributed by atoms with Gasteiger partial charge >= 0.3 is 0 Å². The zero-order valence-corrected chi connectivity index (χ0v) is 20.5. The summed E-state index contributed by atoms with van der Waals surface area (Å²) >= 11 is 1.52. The van der Waals surface area contributed by atoms with Crippen LogP contribution in [0.3, 0.4) is 0 Å². The number of thiophene rings is 1. The third-order valence-electron chi connectivity index (χ3n) is 6.37. The number of morpholine rings is 1. The summed E-state index contributed by atoms with van der Waals surface area (Å²) in [6, 6.07) is 12.9. The summed E-state index contributed by atoms with van der Waals surface area (Å²) in [5, 5.41) is 7.89. The number of carbonyl (C=O) groups excluding carboxylic acids is 2. The van der Waals surface area contributed by atoms with E-state index >= 15 is 0 Å². The zero-order chi connectivity index (χ0) is 24.9. The van der Waals surface area contributed by atoms with Crippen LogP contribution in [0.4, 0.5) is 4.39 Å². The topological polar surface area (TPSA) is 78.6 Å². The van der Waals surface area contributed by atoms with Crippen LogP contribution in [0.1, 0.15) is 33.5 Å². The number of nitrogens with zero attached hydrogens (tertiary/aromatic N) is 4. The van der Waals surface area contributed by atoms with Gasteiger partial charge in [-0.1, -0.05) is 24.3 Å². The van der Waals surface area contributed by atoms with E-state index in [9.17, 15) is 14.0 Å². The van der Waals surface area contributed by atoms with E-state index in [1.165, 1.54) is 33.6 Å². The van der Waals surface area contributed by atoms with E-state index in [-0.39, 0.29) is 24.1 Å². The van der Waals surface area contributed by atoms with Gasteiger partial charge in [-0.05, 0) is 29.6 Å². The van der Waals surface area contributed by atoms with Gasteiger partial charge in [0.15, 0.2) is 5.76 Å². The summed E-state index contributed by atoms with van der Waals surface area (Å²) < 4.78 is 25.5. The molecule has 2 aliphatic rings. The predicted octanol–water partition coefficient (Wildman–Crippen LogP) is 3.63. The van der Waals surface area contributed by atoms with Crippen LogP contribution in [-0.2, 0) is 9.53 Å². The molecule has 188 valence electrons. The van der Waals surface area contributed by atoms with Crippen molar-refractivity contribution in [2.75, 3.05) is 45.9 Å². The Morgan fingerprint density at radius 3 is 2.67 bits per heavy atom. The standard InChI is InChI=1S/C26H27FN4O4S/c27-20-6-2-1-5-19(20)22-17-21(24-8-4-16-36-24)28-31(22)25(32)18-30(26(33)23-7-3-13-35-23)10-9-29-11-14-34-15-12-29/h1-8,13,16,22H,9-12,14-15,17-18H2. The third-order valence-corrected chi connectivity index (χ3v) is 7.29. The van der Waals surface area contributed by atoms with Gasteiger partial charge in [0.1, 0.15) is 12.4 Å². The average molecular weight is 511 g/mol. The Morgan fingerprint density at radius 1 is 1.11 bits per heavy atom. The first-order valence-electron chi connectivity index (χ1n) is 11.9. The van der Waals surface area contributed by atoms with Crippen molar-refractivity contribution in [2.45, 2.75) is 12.5 Å². The highest BCUT2D eigenvalue weighted by Gasteiger charge is 2.36. The van der Waals surface area contributed by atoms with E-state index in [2.05, 4.69) is 10.0 Å². The number of hydrogen-bond acceptors (Lipinski definition) is 7. The van der Waals surface area contributed by atoms with Gasteiger partial charge in [0, 0.05) is 38.2 Å². The highest BCUT2D eigenvalue weighted by atomic mass is 32.1. The number of benzene rings is 1. The Morgan fingerprint density at radius 2 is 1.94 bits per heavy atom. The monoisotopic (exact) mass is 510 g/mol. The number of carbonyl (C=O) groups is 2. The number of rotatable bonds is 8. The molecule has 1 saturated heterocycles. The van der Waals surface area contributed by atoms with Crippen LogP contribution in [0.2, 0.25) is 0 Å². The molecule has 3 aromatic rings. The van der Waals surface area contributed by atoms with Crippen LogP contribution in [0.25, 0.3) is 0 Å². The molecule has 1 aromatic carbocycles. The molecule has 1 unspecified atom stereocenters. The highest BCUT2D eigenvalue weighted by Crippen LogP contribution is 2.35. The summed E-state index contributed by atoms with van der Waals surface area (Å²) in [6.07, 6.45) is 1.83. The summed E-state index contributed by atoms with van der Waals surface area (Å²) in [4.78, 5) is 31.5. The van der Waals surface area contributed by atoms with Gasteiger partial charge in [-0.25, -0.2) is 9.40 Å². The predicted molar refractivity (Wildman–Crippen MR) is 133 cm³/mol. The van der Waals surface area contributed by atoms with Crippen molar-refractivity contribution >= 4 is 28.9 Å². The van der Waals surface area contributed by atoms with Gasteiger partial charge in [0.2, 0.25) is 0 Å². The third kappa shape index (κ3) is 5.40. The molecule has 5 rings (SSSR count). The van der Waals surface area contributed by atoms with Crippen molar-refractivity contribution in [3.8, 4) is 0 Å². The quantitative estimate of drug-likeness (QED) is 0.463. The van der Waals surface area contributed by atoms with Crippen molar-refractivity contribution in [3.63, 3.8) is 0 Å². The largest absolute Gasteiger partial charge is 0.459 e. The minimum absolute atomic E-state index is 0.166. The lowest BCUT2D eigenvalue weighted by Crippen LogP contribution is -2.46. The molecule has 0 bridgehead atoms. The van der Waals surface area contributed by atoms with E-state index in [0.717, 1.165) is 23.7 Å². The first-order valence-corrected chi connectivity index (χ1v) is 12.8. The molecule has 1 atom stereocenters. The van der Waals surface area contributed by atoms with Gasteiger partial charge in [-0.3, -0.25) is 14.5 Å². The fourth-order valence-electron chi connectivity index (χ4n) is 4.45. The van der Waals surface area contributed by atoms with Gasteiger partial charge in [-0.15, -0.1) is 11.3 Å². The molecule has 4 heterocycles. The summed E-state index contributed by atoms with van der Waals surface area (Å²) in [5.41, 5.74) is 1.13. The normalized spacial score (nSPS) is 18.3. The maximum Gasteiger partial charge on any atom is 0.290 e. The fraction of sp³-hybridized carbons (Fsp3) is 0.346. The first kappa shape index (κ1) is 24.4. The Labute approximate surface area is 212 Å². The molecule has 36 heavy (non-hydrogen) atoms. The van der Waals surface area contributed by atoms with Gasteiger partial charge in [0.25, 0.3) is 11.8 Å². The molecule has 2 aromatic heterocycles. The van der Waals surface area contributed by atoms with E-state index in [4.69, 9.17) is 9.15 Å². The summed E-state index contributed by atoms with van der Waals surface area (Å²) in [5.74, 6) is -0.971. The molecule has 2 amide bonds. The second-order valence-corrected chi connectivity index (χ2v) is 9.61.